The number of oxime groups is 1. The summed E-state index contributed by atoms with van der Waals surface area (Å²) >= 11 is 0. The van der Waals surface area contributed by atoms with E-state index in [2.05, 4.69) is 9.99 Å². The Kier molecular flexibility index (Phi) is 2.65. The van der Waals surface area contributed by atoms with Crippen molar-refractivity contribution in [3.63, 3.8) is 0 Å². The maximum atomic E-state index is 12.3. The highest BCUT2D eigenvalue weighted by molar-refractivity contribution is 6.13. The van der Waals surface area contributed by atoms with Crippen molar-refractivity contribution in [1.29, 1.82) is 0 Å². The second-order valence-corrected chi connectivity index (χ2v) is 3.68. The van der Waals surface area contributed by atoms with Gasteiger partial charge in [0, 0.05) is 5.56 Å². The highest BCUT2D eigenvalue weighted by atomic mass is 19.4. The van der Waals surface area contributed by atoms with Crippen molar-refractivity contribution in [2.24, 2.45) is 11.1 Å². The quantitative estimate of drug-likeness (QED) is 0.711. The molecule has 1 unspecified atom stereocenters. The van der Waals surface area contributed by atoms with Crippen LogP contribution in [0.2, 0.25) is 0 Å². The van der Waals surface area contributed by atoms with Crippen LogP contribution in [0, 0.1) is 5.92 Å². The van der Waals surface area contributed by atoms with Crippen molar-refractivity contribution < 1.29 is 22.8 Å². The number of halogens is 3. The second-order valence-electron chi connectivity index (χ2n) is 3.68. The lowest BCUT2D eigenvalue weighted by molar-refractivity contribution is -0.143. The number of alkyl halides is 3. The van der Waals surface area contributed by atoms with E-state index in [0.717, 1.165) is 12.1 Å². The Bertz CT molecular complexity index is 476. The van der Waals surface area contributed by atoms with Crippen LogP contribution in [0.3, 0.4) is 0 Å². The van der Waals surface area contributed by atoms with Crippen LogP contribution in [-0.2, 0) is 15.8 Å². The molecule has 0 N–H and O–H groups in total. The average molecular weight is 243 g/mol. The summed E-state index contributed by atoms with van der Waals surface area (Å²) in [4.78, 5) is 15.5. The molecule has 3 nitrogen and oxygen atoms in total. The molecule has 1 aliphatic heterocycles. The molecular weight excluding hydrogens is 235 g/mol. The second kappa shape index (κ2) is 3.87. The Morgan fingerprint density at radius 1 is 1.24 bits per heavy atom. The van der Waals surface area contributed by atoms with Crippen molar-refractivity contribution in [2.45, 2.75) is 13.1 Å². The third-order valence-corrected chi connectivity index (χ3v) is 2.51. The van der Waals surface area contributed by atoms with E-state index in [1.165, 1.54) is 12.1 Å². The van der Waals surface area contributed by atoms with Gasteiger partial charge in [-0.3, -0.25) is 0 Å². The van der Waals surface area contributed by atoms with Crippen molar-refractivity contribution in [2.75, 3.05) is 0 Å². The highest BCUT2D eigenvalue weighted by Gasteiger charge is 2.32. The zero-order valence-corrected chi connectivity index (χ0v) is 8.78. The van der Waals surface area contributed by atoms with Crippen LogP contribution in [0.1, 0.15) is 18.1 Å². The van der Waals surface area contributed by atoms with Crippen molar-refractivity contribution in [3.05, 3.63) is 35.4 Å². The zero-order chi connectivity index (χ0) is 12.6. The molecule has 0 amide bonds. The maximum absolute atomic E-state index is 12.3. The molecular formula is C11H8F3NO2. The topological polar surface area (TPSA) is 38.7 Å². The zero-order valence-electron chi connectivity index (χ0n) is 8.78. The molecule has 90 valence electrons. The molecule has 1 atom stereocenters. The molecule has 0 fully saturated rings. The lowest BCUT2D eigenvalue weighted by Gasteiger charge is -2.07. The van der Waals surface area contributed by atoms with E-state index < -0.39 is 23.6 Å². The van der Waals surface area contributed by atoms with Gasteiger partial charge in [0.15, 0.2) is 0 Å². The molecule has 1 aliphatic rings. The summed E-state index contributed by atoms with van der Waals surface area (Å²) in [5.41, 5.74) is 0.0693. The fraction of sp³-hybridized carbons (Fsp3) is 0.273. The van der Waals surface area contributed by atoms with E-state index >= 15 is 0 Å². The molecule has 0 saturated carbocycles. The van der Waals surface area contributed by atoms with Gasteiger partial charge in [-0.1, -0.05) is 17.3 Å². The summed E-state index contributed by atoms with van der Waals surface area (Å²) < 4.78 is 37.0. The number of nitrogens with zero attached hydrogens (tertiary/aromatic N) is 1. The summed E-state index contributed by atoms with van der Waals surface area (Å²) in [5, 5.41) is 3.55. The smallest absolute Gasteiger partial charge is 0.317 e. The van der Waals surface area contributed by atoms with Gasteiger partial charge in [0.25, 0.3) is 0 Å². The van der Waals surface area contributed by atoms with Gasteiger partial charge in [-0.05, 0) is 19.1 Å². The van der Waals surface area contributed by atoms with Gasteiger partial charge in [-0.25, -0.2) is 4.79 Å². The SMILES string of the molecule is CC1C(=O)ON=C1c1ccc(C(F)(F)F)cc1. The molecule has 6 heteroatoms. The van der Waals surface area contributed by atoms with Gasteiger partial charge < -0.3 is 4.84 Å². The van der Waals surface area contributed by atoms with Gasteiger partial charge in [-0.2, -0.15) is 13.2 Å². The van der Waals surface area contributed by atoms with E-state index in [-0.39, 0.29) is 0 Å². The van der Waals surface area contributed by atoms with E-state index in [1.54, 1.807) is 6.92 Å². The number of carbonyl (C=O) groups excluding carboxylic acids is 1. The highest BCUT2D eigenvalue weighted by Crippen LogP contribution is 2.29. The van der Waals surface area contributed by atoms with E-state index in [9.17, 15) is 18.0 Å². The molecule has 17 heavy (non-hydrogen) atoms. The van der Waals surface area contributed by atoms with Crippen LogP contribution in [0.15, 0.2) is 29.4 Å². The van der Waals surface area contributed by atoms with Crippen LogP contribution in [-0.4, -0.2) is 11.7 Å². The first-order valence-electron chi connectivity index (χ1n) is 4.86. The predicted octanol–water partition coefficient (Wildman–Crippen LogP) is 2.60. The van der Waals surface area contributed by atoms with E-state index in [1.807, 2.05) is 0 Å². The van der Waals surface area contributed by atoms with Crippen LogP contribution in [0.25, 0.3) is 0 Å². The fourth-order valence-corrected chi connectivity index (χ4v) is 1.50. The molecule has 0 aliphatic carbocycles. The Morgan fingerprint density at radius 2 is 1.82 bits per heavy atom. The molecule has 0 spiro atoms. The van der Waals surface area contributed by atoms with Crippen LogP contribution in [0.4, 0.5) is 13.2 Å². The number of carbonyl (C=O) groups is 1. The number of hydrogen-bond donors (Lipinski definition) is 0. The van der Waals surface area contributed by atoms with Gasteiger partial charge in [0.2, 0.25) is 0 Å². The standard InChI is InChI=1S/C11H8F3NO2/c1-6-9(15-17-10(6)16)7-2-4-8(5-3-7)11(12,13)14/h2-6H,1H3. The molecule has 0 radical (unpaired) electrons. The van der Waals surface area contributed by atoms with Crippen molar-refractivity contribution in [3.8, 4) is 0 Å². The van der Waals surface area contributed by atoms with E-state index in [4.69, 9.17) is 0 Å². The Morgan fingerprint density at radius 3 is 2.24 bits per heavy atom. The Balaban J connectivity index is 2.28. The number of benzene rings is 1. The van der Waals surface area contributed by atoms with Gasteiger partial charge in [-0.15, -0.1) is 0 Å². The fourth-order valence-electron chi connectivity index (χ4n) is 1.50. The van der Waals surface area contributed by atoms with Gasteiger partial charge in [0.05, 0.1) is 5.56 Å². The van der Waals surface area contributed by atoms with Gasteiger partial charge >= 0.3 is 12.1 Å². The Hall–Kier alpha value is -1.85. The Labute approximate surface area is 94.9 Å². The molecule has 0 saturated heterocycles. The summed E-state index contributed by atoms with van der Waals surface area (Å²) in [7, 11) is 0. The summed E-state index contributed by atoms with van der Waals surface area (Å²) in [6.07, 6.45) is -4.37. The minimum atomic E-state index is -4.37. The van der Waals surface area contributed by atoms with Crippen LogP contribution >= 0.6 is 0 Å². The normalized spacial score (nSPS) is 20.1. The average Bonchev–Trinajstić information content (AvgIpc) is 2.59. The maximum Gasteiger partial charge on any atom is 0.416 e. The predicted molar refractivity (Wildman–Crippen MR) is 53.2 cm³/mol. The third-order valence-electron chi connectivity index (χ3n) is 2.51. The minimum absolute atomic E-state index is 0.351. The first kappa shape index (κ1) is 11.6. The number of rotatable bonds is 1. The minimum Gasteiger partial charge on any atom is -0.317 e. The monoisotopic (exact) mass is 243 g/mol. The molecule has 1 aromatic rings. The molecule has 1 heterocycles. The summed E-state index contributed by atoms with van der Waals surface area (Å²) in [6, 6.07) is 4.46. The molecule has 1 aromatic carbocycles. The lowest BCUT2D eigenvalue weighted by Crippen LogP contribution is -2.15. The first-order valence-corrected chi connectivity index (χ1v) is 4.86. The first-order chi connectivity index (χ1) is 7.89. The van der Waals surface area contributed by atoms with Crippen molar-refractivity contribution in [1.82, 2.24) is 0 Å². The molecule has 0 bridgehead atoms. The number of hydrogen-bond acceptors (Lipinski definition) is 3. The van der Waals surface area contributed by atoms with Crippen molar-refractivity contribution >= 4 is 11.7 Å². The summed E-state index contributed by atoms with van der Waals surface area (Å²) in [6.45, 7) is 1.59. The molecule has 0 aromatic heterocycles. The van der Waals surface area contributed by atoms with E-state index in [0.29, 0.717) is 11.3 Å². The summed E-state index contributed by atoms with van der Waals surface area (Å²) in [5.74, 6) is -1.05. The van der Waals surface area contributed by atoms with Gasteiger partial charge in [0.1, 0.15) is 11.6 Å². The molecule has 2 rings (SSSR count). The third kappa shape index (κ3) is 2.15. The van der Waals surface area contributed by atoms with Crippen LogP contribution in [0.5, 0.6) is 0 Å². The van der Waals surface area contributed by atoms with Crippen LogP contribution < -0.4 is 0 Å². The largest absolute Gasteiger partial charge is 0.416 e. The lowest BCUT2D eigenvalue weighted by atomic mass is 9.98.